The monoisotopic (exact) mass is 437 g/mol. The normalized spacial score (nSPS) is 18.0. The lowest BCUT2D eigenvalue weighted by Crippen LogP contribution is -2.50. The van der Waals surface area contributed by atoms with Gasteiger partial charge in [-0.3, -0.25) is 4.98 Å². The first-order chi connectivity index (χ1) is 15.4. The van der Waals surface area contributed by atoms with Crippen molar-refractivity contribution in [2.24, 2.45) is 0 Å². The van der Waals surface area contributed by atoms with Crippen LogP contribution in [-0.4, -0.2) is 42.2 Å². The molecule has 1 aromatic carbocycles. The molecule has 0 saturated carbocycles. The minimum atomic E-state index is -0.561. The summed E-state index contributed by atoms with van der Waals surface area (Å²) < 4.78 is 10.8. The summed E-state index contributed by atoms with van der Waals surface area (Å²) in [4.78, 5) is 42.5. The van der Waals surface area contributed by atoms with Gasteiger partial charge in [0.25, 0.3) is 0 Å². The molecule has 0 radical (unpaired) electrons. The van der Waals surface area contributed by atoms with Gasteiger partial charge in [0.05, 0.1) is 35.0 Å². The van der Waals surface area contributed by atoms with Crippen molar-refractivity contribution in [2.45, 2.75) is 52.5 Å². The maximum atomic E-state index is 13.3. The number of aromatic nitrogens is 1. The molecule has 168 valence electrons. The van der Waals surface area contributed by atoms with Crippen LogP contribution in [0.4, 0.5) is 4.79 Å². The van der Waals surface area contributed by atoms with Gasteiger partial charge in [0, 0.05) is 11.1 Å². The number of carbonyl (C=O) groups is 3. The van der Waals surface area contributed by atoms with E-state index in [9.17, 15) is 14.4 Å². The van der Waals surface area contributed by atoms with Crippen LogP contribution in [0.2, 0.25) is 0 Å². The molecule has 8 nitrogen and oxygen atoms in total. The van der Waals surface area contributed by atoms with Crippen molar-refractivity contribution in [2.75, 3.05) is 13.2 Å². The third-order valence-electron chi connectivity index (χ3n) is 5.83. The molecule has 0 saturated heterocycles. The average Bonchev–Trinajstić information content (AvgIpc) is 2.75. The third-order valence-corrected chi connectivity index (χ3v) is 5.83. The van der Waals surface area contributed by atoms with Crippen LogP contribution in [0.25, 0.3) is 10.9 Å². The Bertz CT molecular complexity index is 1140. The van der Waals surface area contributed by atoms with Gasteiger partial charge in [-0.25, -0.2) is 14.4 Å². The SMILES string of the molecule is CCOC(=O)C1=C(COC(=O)c2c3c(nc4ccc(C)cc24)CCCC3)NC(=O)N[C@@H]1C. The average molecular weight is 437 g/mol. The Morgan fingerprint density at radius 3 is 2.72 bits per heavy atom. The number of aryl methyl sites for hydroxylation is 2. The Balaban J connectivity index is 1.69. The van der Waals surface area contributed by atoms with Crippen molar-refractivity contribution in [3.63, 3.8) is 0 Å². The van der Waals surface area contributed by atoms with Crippen molar-refractivity contribution < 1.29 is 23.9 Å². The fraction of sp³-hybridized carbons (Fsp3) is 0.417. The number of hydrogen-bond donors (Lipinski definition) is 2. The van der Waals surface area contributed by atoms with E-state index in [0.717, 1.165) is 53.4 Å². The molecule has 2 amide bonds. The van der Waals surface area contributed by atoms with E-state index < -0.39 is 24.0 Å². The Kier molecular flexibility index (Phi) is 6.12. The molecule has 0 unspecified atom stereocenters. The second kappa shape index (κ2) is 8.98. The summed E-state index contributed by atoms with van der Waals surface area (Å²) in [7, 11) is 0. The molecule has 1 aromatic heterocycles. The van der Waals surface area contributed by atoms with Crippen LogP contribution in [0.1, 0.15) is 53.9 Å². The first kappa shape index (κ1) is 21.8. The van der Waals surface area contributed by atoms with Crippen LogP contribution in [0.15, 0.2) is 29.5 Å². The van der Waals surface area contributed by atoms with Gasteiger partial charge in [0.2, 0.25) is 0 Å². The predicted octanol–water partition coefficient (Wildman–Crippen LogP) is 3.10. The van der Waals surface area contributed by atoms with Crippen LogP contribution in [0.5, 0.6) is 0 Å². The Morgan fingerprint density at radius 1 is 1.16 bits per heavy atom. The van der Waals surface area contributed by atoms with Gasteiger partial charge < -0.3 is 20.1 Å². The topological polar surface area (TPSA) is 107 Å². The number of ether oxygens (including phenoxy) is 2. The summed E-state index contributed by atoms with van der Waals surface area (Å²) in [5.74, 6) is -1.04. The van der Waals surface area contributed by atoms with Crippen molar-refractivity contribution in [3.05, 3.63) is 51.9 Å². The van der Waals surface area contributed by atoms with Crippen molar-refractivity contribution in [3.8, 4) is 0 Å². The molecule has 2 aromatic rings. The van der Waals surface area contributed by atoms with Crippen LogP contribution in [-0.2, 0) is 27.1 Å². The molecule has 0 spiro atoms. The van der Waals surface area contributed by atoms with Crippen LogP contribution in [0.3, 0.4) is 0 Å². The Labute approximate surface area is 186 Å². The van der Waals surface area contributed by atoms with E-state index in [1.165, 1.54) is 0 Å². The molecule has 1 aliphatic heterocycles. The van der Waals surface area contributed by atoms with Crippen molar-refractivity contribution in [1.29, 1.82) is 0 Å². The Morgan fingerprint density at radius 2 is 1.94 bits per heavy atom. The smallest absolute Gasteiger partial charge is 0.339 e. The number of fused-ring (bicyclic) bond motifs is 2. The second-order valence-corrected chi connectivity index (χ2v) is 8.15. The summed E-state index contributed by atoms with van der Waals surface area (Å²) in [5, 5.41) is 5.98. The van der Waals surface area contributed by atoms with Crippen molar-refractivity contribution >= 4 is 28.9 Å². The highest BCUT2D eigenvalue weighted by Crippen LogP contribution is 2.30. The van der Waals surface area contributed by atoms with Crippen molar-refractivity contribution in [1.82, 2.24) is 15.6 Å². The number of nitrogens with one attached hydrogen (secondary N) is 2. The van der Waals surface area contributed by atoms with E-state index in [0.29, 0.717) is 5.56 Å². The predicted molar refractivity (Wildman–Crippen MR) is 118 cm³/mol. The van der Waals surface area contributed by atoms with Crippen LogP contribution >= 0.6 is 0 Å². The number of rotatable bonds is 5. The molecule has 4 rings (SSSR count). The summed E-state index contributed by atoms with van der Waals surface area (Å²) in [6.07, 6.45) is 3.63. The van der Waals surface area contributed by atoms with Gasteiger partial charge in [-0.05, 0) is 64.2 Å². The zero-order valence-electron chi connectivity index (χ0n) is 18.5. The van der Waals surface area contributed by atoms with E-state index in [1.54, 1.807) is 13.8 Å². The highest BCUT2D eigenvalue weighted by atomic mass is 16.5. The first-order valence-electron chi connectivity index (χ1n) is 11.0. The Hall–Kier alpha value is -3.42. The van der Waals surface area contributed by atoms with Gasteiger partial charge in [0.1, 0.15) is 6.61 Å². The highest BCUT2D eigenvalue weighted by Gasteiger charge is 2.31. The first-order valence-corrected chi connectivity index (χ1v) is 11.0. The fourth-order valence-corrected chi connectivity index (χ4v) is 4.37. The van der Waals surface area contributed by atoms with Crippen LogP contribution < -0.4 is 10.6 Å². The minimum absolute atomic E-state index is 0.199. The van der Waals surface area contributed by atoms with E-state index in [4.69, 9.17) is 14.5 Å². The molecule has 8 heteroatoms. The lowest BCUT2D eigenvalue weighted by atomic mass is 9.89. The number of esters is 2. The maximum Gasteiger partial charge on any atom is 0.339 e. The van der Waals surface area contributed by atoms with Gasteiger partial charge in [-0.15, -0.1) is 0 Å². The van der Waals surface area contributed by atoms with E-state index >= 15 is 0 Å². The molecule has 1 atom stereocenters. The standard InChI is InChI=1S/C24H27N3O5/c1-4-31-22(28)20-14(3)25-24(30)27-19(20)12-32-23(29)21-15-7-5-6-8-17(15)26-18-10-9-13(2)11-16(18)21/h9-11,14H,4-8,12H2,1-3H3,(H2,25,27,30)/t14-/m1/s1. The zero-order valence-corrected chi connectivity index (χ0v) is 18.5. The molecule has 1 aliphatic carbocycles. The summed E-state index contributed by atoms with van der Waals surface area (Å²) in [6.45, 7) is 5.32. The molecule has 2 N–H and O–H groups in total. The third kappa shape index (κ3) is 4.17. The second-order valence-electron chi connectivity index (χ2n) is 8.15. The molecule has 2 aliphatic rings. The van der Waals surface area contributed by atoms with Gasteiger partial charge >= 0.3 is 18.0 Å². The minimum Gasteiger partial charge on any atom is -0.463 e. The van der Waals surface area contributed by atoms with E-state index in [-0.39, 0.29) is 24.5 Å². The fourth-order valence-electron chi connectivity index (χ4n) is 4.37. The number of carbonyl (C=O) groups excluding carboxylic acids is 3. The van der Waals surface area contributed by atoms with Gasteiger partial charge in [-0.2, -0.15) is 0 Å². The lowest BCUT2D eigenvalue weighted by Gasteiger charge is -2.26. The molecular weight excluding hydrogens is 410 g/mol. The number of amides is 2. The summed E-state index contributed by atoms with van der Waals surface area (Å²) in [6, 6.07) is 4.83. The van der Waals surface area contributed by atoms with Crippen LogP contribution in [0, 0.1) is 6.92 Å². The highest BCUT2D eigenvalue weighted by molar-refractivity contribution is 6.05. The number of nitrogens with zero attached hydrogens (tertiary/aromatic N) is 1. The molecule has 32 heavy (non-hydrogen) atoms. The molecule has 0 bridgehead atoms. The zero-order chi connectivity index (χ0) is 22.8. The number of hydrogen-bond acceptors (Lipinski definition) is 6. The molecule has 0 fully saturated rings. The van der Waals surface area contributed by atoms with E-state index in [1.807, 2.05) is 25.1 Å². The van der Waals surface area contributed by atoms with Gasteiger partial charge in [-0.1, -0.05) is 11.6 Å². The summed E-state index contributed by atoms with van der Waals surface area (Å²) >= 11 is 0. The number of urea groups is 1. The summed E-state index contributed by atoms with van der Waals surface area (Å²) in [5.41, 5.74) is 4.67. The largest absolute Gasteiger partial charge is 0.463 e. The quantitative estimate of drug-likeness (QED) is 0.696. The lowest BCUT2D eigenvalue weighted by molar-refractivity contribution is -0.139. The number of benzene rings is 1. The molecule has 2 heterocycles. The van der Waals surface area contributed by atoms with Gasteiger partial charge in [0.15, 0.2) is 0 Å². The molecular formula is C24H27N3O5. The maximum absolute atomic E-state index is 13.3. The van der Waals surface area contributed by atoms with E-state index in [2.05, 4.69) is 10.6 Å². The number of pyridine rings is 1.